The Morgan fingerprint density at radius 1 is 1.60 bits per heavy atom. The van der Waals surface area contributed by atoms with Gasteiger partial charge in [-0.15, -0.1) is 11.3 Å². The lowest BCUT2D eigenvalue weighted by Crippen LogP contribution is -2.16. The summed E-state index contributed by atoms with van der Waals surface area (Å²) in [6.07, 6.45) is 0. The smallest absolute Gasteiger partial charge is 0.359 e. The van der Waals surface area contributed by atoms with Crippen molar-refractivity contribution in [2.24, 2.45) is 5.14 Å². The van der Waals surface area contributed by atoms with Gasteiger partial charge in [-0.3, -0.25) is 0 Å². The highest BCUT2D eigenvalue weighted by atomic mass is 32.2. The zero-order valence-corrected chi connectivity index (χ0v) is 9.81. The Labute approximate surface area is 91.1 Å². The van der Waals surface area contributed by atoms with E-state index in [1.165, 1.54) is 0 Å². The lowest BCUT2D eigenvalue weighted by molar-refractivity contribution is 0.0516. The van der Waals surface area contributed by atoms with Gasteiger partial charge < -0.3 is 4.74 Å². The minimum absolute atomic E-state index is 0.152. The van der Waals surface area contributed by atoms with Crippen LogP contribution in [-0.4, -0.2) is 26.0 Å². The number of esters is 1. The molecule has 1 aromatic heterocycles. The Bertz CT molecular complexity index is 477. The Morgan fingerprint density at radius 3 is 2.67 bits per heavy atom. The summed E-state index contributed by atoms with van der Waals surface area (Å²) in [5, 5.41) is 5.39. The fraction of sp³-hybridized carbons (Fsp3) is 0.429. The van der Waals surface area contributed by atoms with Crippen molar-refractivity contribution >= 4 is 27.3 Å². The Kier molecular flexibility index (Phi) is 3.42. The van der Waals surface area contributed by atoms with Crippen molar-refractivity contribution < 1.29 is 17.9 Å². The molecule has 0 radical (unpaired) electrons. The Morgan fingerprint density at radius 2 is 2.20 bits per heavy atom. The number of rotatable bonds is 3. The first kappa shape index (κ1) is 12.1. The van der Waals surface area contributed by atoms with Crippen molar-refractivity contribution in [3.05, 3.63) is 10.7 Å². The molecule has 0 aliphatic rings. The van der Waals surface area contributed by atoms with Crippen LogP contribution in [0.3, 0.4) is 0 Å². The van der Waals surface area contributed by atoms with Crippen LogP contribution in [0.5, 0.6) is 0 Å². The third kappa shape index (κ3) is 2.74. The van der Waals surface area contributed by atoms with Gasteiger partial charge in [0.2, 0.25) is 10.0 Å². The molecule has 1 rings (SSSR count). The molecular formula is C7H10N2O4S2. The fourth-order valence-electron chi connectivity index (χ4n) is 0.930. The quantitative estimate of drug-likeness (QED) is 0.776. The first-order chi connectivity index (χ1) is 6.86. The lowest BCUT2D eigenvalue weighted by atomic mass is 10.5. The molecule has 0 saturated carbocycles. The van der Waals surface area contributed by atoms with Gasteiger partial charge in [-0.2, -0.15) is 0 Å². The number of hydrogen-bond donors (Lipinski definition) is 1. The molecule has 0 atom stereocenters. The molecule has 0 saturated heterocycles. The van der Waals surface area contributed by atoms with Crippen molar-refractivity contribution in [2.75, 3.05) is 6.61 Å². The summed E-state index contributed by atoms with van der Waals surface area (Å²) in [6, 6.07) is 0. The minimum Gasteiger partial charge on any atom is -0.461 e. The topological polar surface area (TPSA) is 99.3 Å². The van der Waals surface area contributed by atoms with E-state index in [1.807, 2.05) is 0 Å². The van der Waals surface area contributed by atoms with Gasteiger partial charge in [0.05, 0.1) is 11.6 Å². The van der Waals surface area contributed by atoms with Crippen LogP contribution in [0.25, 0.3) is 0 Å². The number of primary sulfonamides is 1. The summed E-state index contributed by atoms with van der Waals surface area (Å²) in [5.74, 6) is -0.772. The van der Waals surface area contributed by atoms with E-state index in [9.17, 15) is 13.2 Å². The Hall–Kier alpha value is -0.990. The van der Waals surface area contributed by atoms with Crippen molar-refractivity contribution in [1.82, 2.24) is 4.98 Å². The van der Waals surface area contributed by atoms with Crippen LogP contribution in [0.2, 0.25) is 0 Å². The van der Waals surface area contributed by atoms with Gasteiger partial charge >= 0.3 is 5.97 Å². The number of hydrogen-bond acceptors (Lipinski definition) is 6. The second-order valence-corrected chi connectivity index (χ2v) is 5.59. The van der Waals surface area contributed by atoms with Crippen molar-refractivity contribution in [1.29, 1.82) is 0 Å². The first-order valence-electron chi connectivity index (χ1n) is 4.03. The van der Waals surface area contributed by atoms with Gasteiger partial charge in [0.25, 0.3) is 0 Å². The van der Waals surface area contributed by atoms with Crippen LogP contribution in [0.1, 0.15) is 22.4 Å². The maximum atomic E-state index is 11.3. The van der Waals surface area contributed by atoms with Gasteiger partial charge in [0.15, 0.2) is 9.90 Å². The SMILES string of the molecule is CCOC(=O)c1nc(C)sc1S(N)(=O)=O. The number of nitrogens with two attached hydrogens (primary N) is 1. The van der Waals surface area contributed by atoms with Crippen molar-refractivity contribution in [3.63, 3.8) is 0 Å². The first-order valence-corrected chi connectivity index (χ1v) is 6.40. The number of aryl methyl sites for hydroxylation is 1. The standard InChI is InChI=1S/C7H10N2O4S2/c1-3-13-6(10)5-7(15(8,11)12)14-4(2)9-5/h3H2,1-2H3,(H2,8,11,12). The van der Waals surface area contributed by atoms with Crippen LogP contribution >= 0.6 is 11.3 Å². The molecule has 0 aromatic carbocycles. The minimum atomic E-state index is -3.92. The van der Waals surface area contributed by atoms with Gasteiger partial charge in [-0.05, 0) is 13.8 Å². The third-order valence-electron chi connectivity index (χ3n) is 1.43. The molecule has 0 bridgehead atoms. The average molecular weight is 250 g/mol. The zero-order chi connectivity index (χ0) is 11.6. The number of ether oxygens (including phenoxy) is 1. The van der Waals surface area contributed by atoms with Crippen LogP contribution in [0.4, 0.5) is 0 Å². The summed E-state index contributed by atoms with van der Waals surface area (Å²) in [5.41, 5.74) is -0.234. The maximum Gasteiger partial charge on any atom is 0.359 e. The van der Waals surface area contributed by atoms with E-state index in [0.717, 1.165) is 11.3 Å². The van der Waals surface area contributed by atoms with E-state index in [4.69, 9.17) is 5.14 Å². The van der Waals surface area contributed by atoms with E-state index in [-0.39, 0.29) is 16.5 Å². The van der Waals surface area contributed by atoms with Crippen molar-refractivity contribution in [2.45, 2.75) is 18.1 Å². The molecule has 1 aromatic rings. The van der Waals surface area contributed by atoms with E-state index in [0.29, 0.717) is 5.01 Å². The molecule has 1 heterocycles. The number of carbonyl (C=O) groups is 1. The van der Waals surface area contributed by atoms with E-state index in [2.05, 4.69) is 9.72 Å². The van der Waals surface area contributed by atoms with E-state index < -0.39 is 16.0 Å². The van der Waals surface area contributed by atoms with Gasteiger partial charge in [0.1, 0.15) is 0 Å². The lowest BCUT2D eigenvalue weighted by Gasteiger charge is -1.99. The highest BCUT2D eigenvalue weighted by Crippen LogP contribution is 2.22. The second kappa shape index (κ2) is 4.25. The normalized spacial score (nSPS) is 11.4. The summed E-state index contributed by atoms with van der Waals surface area (Å²) < 4.78 is 26.6. The van der Waals surface area contributed by atoms with E-state index >= 15 is 0 Å². The molecule has 8 heteroatoms. The predicted molar refractivity (Wildman–Crippen MR) is 54.2 cm³/mol. The van der Waals surface area contributed by atoms with Gasteiger partial charge in [0, 0.05) is 0 Å². The molecular weight excluding hydrogens is 240 g/mol. The highest BCUT2D eigenvalue weighted by molar-refractivity contribution is 7.91. The summed E-state index contributed by atoms with van der Waals surface area (Å²) in [6.45, 7) is 3.36. The summed E-state index contributed by atoms with van der Waals surface area (Å²) in [7, 11) is -3.92. The molecule has 2 N–H and O–H groups in total. The third-order valence-corrected chi connectivity index (χ3v) is 3.85. The number of nitrogens with zero attached hydrogens (tertiary/aromatic N) is 1. The van der Waals surface area contributed by atoms with Gasteiger partial charge in [-0.25, -0.2) is 23.3 Å². The molecule has 0 spiro atoms. The number of aromatic nitrogens is 1. The Balaban J connectivity index is 3.24. The largest absolute Gasteiger partial charge is 0.461 e. The number of sulfonamides is 1. The molecule has 0 aliphatic heterocycles. The molecule has 0 unspecified atom stereocenters. The van der Waals surface area contributed by atoms with Crippen molar-refractivity contribution in [3.8, 4) is 0 Å². The van der Waals surface area contributed by atoms with Crippen LogP contribution < -0.4 is 5.14 Å². The predicted octanol–water partition coefficient (Wildman–Crippen LogP) is 0.276. The highest BCUT2D eigenvalue weighted by Gasteiger charge is 2.25. The molecule has 6 nitrogen and oxygen atoms in total. The monoisotopic (exact) mass is 250 g/mol. The molecule has 0 fully saturated rings. The number of carbonyl (C=O) groups excluding carboxylic acids is 1. The maximum absolute atomic E-state index is 11.3. The fourth-order valence-corrected chi connectivity index (χ4v) is 2.79. The van der Waals surface area contributed by atoms with Gasteiger partial charge in [-0.1, -0.05) is 0 Å². The van der Waals surface area contributed by atoms with Crippen LogP contribution in [0.15, 0.2) is 4.21 Å². The zero-order valence-electron chi connectivity index (χ0n) is 8.18. The molecule has 0 amide bonds. The summed E-state index contributed by atoms with van der Waals surface area (Å²) >= 11 is 0.851. The number of thiazole rings is 1. The molecule has 0 aliphatic carbocycles. The van der Waals surface area contributed by atoms with Crippen LogP contribution in [0, 0.1) is 6.92 Å². The second-order valence-electron chi connectivity index (χ2n) is 2.63. The molecule has 84 valence electrons. The van der Waals surface area contributed by atoms with Crippen LogP contribution in [-0.2, 0) is 14.8 Å². The average Bonchev–Trinajstić information content (AvgIpc) is 2.47. The van der Waals surface area contributed by atoms with E-state index in [1.54, 1.807) is 13.8 Å². The summed E-state index contributed by atoms with van der Waals surface area (Å²) in [4.78, 5) is 15.1. The molecule has 15 heavy (non-hydrogen) atoms.